The Morgan fingerprint density at radius 2 is 1.93 bits per heavy atom. The number of methoxy groups -OCH3 is 1. The number of aryl methyl sites for hydroxylation is 1. The molecule has 0 unspecified atom stereocenters. The fraction of sp³-hybridized carbons (Fsp3) is 0.435. The summed E-state index contributed by atoms with van der Waals surface area (Å²) in [4.78, 5) is 0. The molecule has 1 aromatic carbocycles. The van der Waals surface area contributed by atoms with Crippen molar-refractivity contribution in [2.45, 2.75) is 58.4 Å². The first-order valence-electron chi connectivity index (χ1n) is 10.6. The molecular formula is C23H29N5OS. The van der Waals surface area contributed by atoms with Crippen LogP contribution in [0.2, 0.25) is 0 Å². The summed E-state index contributed by atoms with van der Waals surface area (Å²) in [5.74, 6) is 1.62. The van der Waals surface area contributed by atoms with Gasteiger partial charge in [0.1, 0.15) is 5.75 Å². The van der Waals surface area contributed by atoms with E-state index in [1.165, 1.54) is 43.5 Å². The van der Waals surface area contributed by atoms with Gasteiger partial charge in [0, 0.05) is 29.4 Å². The number of hydrogen-bond donors (Lipinski definition) is 1. The van der Waals surface area contributed by atoms with E-state index in [2.05, 4.69) is 39.8 Å². The average Bonchev–Trinajstić information content (AvgIpc) is 3.25. The maximum atomic E-state index is 5.42. The molecular weight excluding hydrogens is 394 g/mol. The first-order chi connectivity index (χ1) is 14.6. The minimum Gasteiger partial charge on any atom is -0.497 e. The molecule has 30 heavy (non-hydrogen) atoms. The molecule has 1 N–H and O–H groups in total. The second kappa shape index (κ2) is 9.00. The maximum absolute atomic E-state index is 5.42. The summed E-state index contributed by atoms with van der Waals surface area (Å²) in [5.41, 5.74) is 4.83. The van der Waals surface area contributed by atoms with Crippen LogP contribution in [-0.2, 0) is 6.42 Å². The van der Waals surface area contributed by atoms with E-state index < -0.39 is 0 Å². The number of rotatable bonds is 6. The second-order valence-electron chi connectivity index (χ2n) is 8.01. The van der Waals surface area contributed by atoms with Gasteiger partial charge in [-0.25, -0.2) is 0 Å². The lowest BCUT2D eigenvalue weighted by molar-refractivity contribution is 0.346. The molecule has 0 bridgehead atoms. The van der Waals surface area contributed by atoms with Crippen molar-refractivity contribution in [3.05, 3.63) is 63.4 Å². The molecule has 6 nitrogen and oxygen atoms in total. The smallest absolute Gasteiger partial charge is 0.216 e. The van der Waals surface area contributed by atoms with E-state index in [9.17, 15) is 0 Å². The van der Waals surface area contributed by atoms with E-state index in [4.69, 9.17) is 17.0 Å². The molecule has 0 aliphatic heterocycles. The predicted molar refractivity (Wildman–Crippen MR) is 122 cm³/mol. The van der Waals surface area contributed by atoms with Gasteiger partial charge in [0.05, 0.1) is 13.3 Å². The van der Waals surface area contributed by atoms with Crippen LogP contribution in [0.5, 0.6) is 5.75 Å². The fourth-order valence-corrected chi connectivity index (χ4v) is 4.64. The van der Waals surface area contributed by atoms with Gasteiger partial charge >= 0.3 is 0 Å². The third-order valence-corrected chi connectivity index (χ3v) is 6.28. The van der Waals surface area contributed by atoms with Gasteiger partial charge in [-0.3, -0.25) is 5.10 Å². The molecule has 1 aliphatic rings. The van der Waals surface area contributed by atoms with Gasteiger partial charge in [0.15, 0.2) is 5.82 Å². The van der Waals surface area contributed by atoms with Gasteiger partial charge in [-0.1, -0.05) is 31.4 Å². The lowest BCUT2D eigenvalue weighted by Crippen LogP contribution is -2.15. The first kappa shape index (κ1) is 20.6. The number of nitrogens with one attached hydrogen (secondary N) is 1. The molecule has 0 atom stereocenters. The zero-order chi connectivity index (χ0) is 21.1. The van der Waals surface area contributed by atoms with Crippen LogP contribution in [-0.4, -0.2) is 32.8 Å². The van der Waals surface area contributed by atoms with Crippen molar-refractivity contribution in [1.82, 2.24) is 19.4 Å². The summed E-state index contributed by atoms with van der Waals surface area (Å²) in [6, 6.07) is 10.8. The molecule has 0 saturated heterocycles. The highest BCUT2D eigenvalue weighted by Crippen LogP contribution is 2.31. The normalized spacial score (nSPS) is 15.2. The van der Waals surface area contributed by atoms with Crippen molar-refractivity contribution in [2.75, 3.05) is 7.11 Å². The third kappa shape index (κ3) is 4.26. The summed E-state index contributed by atoms with van der Waals surface area (Å²) < 4.78 is 9.94. The van der Waals surface area contributed by atoms with Crippen LogP contribution in [0, 0.1) is 18.6 Å². The zero-order valence-corrected chi connectivity index (χ0v) is 18.7. The topological polar surface area (TPSA) is 60.1 Å². The van der Waals surface area contributed by atoms with Crippen LogP contribution in [0.4, 0.5) is 0 Å². The molecule has 0 radical (unpaired) electrons. The molecule has 2 aromatic heterocycles. The molecule has 158 valence electrons. The fourth-order valence-electron chi connectivity index (χ4n) is 4.44. The van der Waals surface area contributed by atoms with E-state index in [-0.39, 0.29) is 0 Å². The number of hydrogen-bond acceptors (Lipinski definition) is 4. The summed E-state index contributed by atoms with van der Waals surface area (Å²) in [6.45, 7) is 4.38. The largest absolute Gasteiger partial charge is 0.497 e. The molecule has 0 spiro atoms. The Hall–Kier alpha value is -2.67. The second-order valence-corrected chi connectivity index (χ2v) is 8.40. The molecule has 3 aromatic rings. The van der Waals surface area contributed by atoms with Crippen molar-refractivity contribution in [3.63, 3.8) is 0 Å². The van der Waals surface area contributed by atoms with Gasteiger partial charge in [-0.15, -0.1) is 0 Å². The maximum Gasteiger partial charge on any atom is 0.216 e. The lowest BCUT2D eigenvalue weighted by Gasteiger charge is -2.26. The Kier molecular flexibility index (Phi) is 6.18. The van der Waals surface area contributed by atoms with Crippen LogP contribution in [0.1, 0.15) is 66.5 Å². The highest BCUT2D eigenvalue weighted by molar-refractivity contribution is 7.71. The molecule has 4 rings (SSSR count). The molecule has 2 heterocycles. The molecule has 1 fully saturated rings. The Morgan fingerprint density at radius 1 is 1.20 bits per heavy atom. The Bertz CT molecular complexity index is 1080. The van der Waals surface area contributed by atoms with Crippen molar-refractivity contribution < 1.29 is 4.74 Å². The van der Waals surface area contributed by atoms with Gasteiger partial charge in [-0.2, -0.15) is 14.9 Å². The number of ether oxygens (including phenoxy) is 1. The predicted octanol–water partition coefficient (Wildman–Crippen LogP) is 5.35. The van der Waals surface area contributed by atoms with Crippen LogP contribution in [0.25, 0.3) is 0 Å². The SMILES string of the molecule is COc1ccc(Cc2n[nH]c(=S)n2/N=C\c2cc(C)n(C3CCCCC3)c2C)cc1. The number of nitrogens with zero attached hydrogens (tertiary/aromatic N) is 4. The van der Waals surface area contributed by atoms with Gasteiger partial charge in [-0.05, 0) is 62.7 Å². The lowest BCUT2D eigenvalue weighted by atomic mass is 9.95. The van der Waals surface area contributed by atoms with E-state index >= 15 is 0 Å². The van der Waals surface area contributed by atoms with Gasteiger partial charge in [0.25, 0.3) is 0 Å². The van der Waals surface area contributed by atoms with Gasteiger partial charge in [0.2, 0.25) is 4.77 Å². The quantitative estimate of drug-likeness (QED) is 0.430. The minimum atomic E-state index is 0.496. The Morgan fingerprint density at radius 3 is 2.63 bits per heavy atom. The van der Waals surface area contributed by atoms with E-state index in [0.29, 0.717) is 17.2 Å². The number of benzene rings is 1. The highest BCUT2D eigenvalue weighted by Gasteiger charge is 2.19. The summed E-state index contributed by atoms with van der Waals surface area (Å²) in [7, 11) is 1.67. The number of H-pyrrole nitrogens is 1. The van der Waals surface area contributed by atoms with Crippen molar-refractivity contribution in [2.24, 2.45) is 5.10 Å². The number of aromatic nitrogens is 4. The first-order valence-corrected chi connectivity index (χ1v) is 11.0. The Labute approximate surface area is 182 Å². The van der Waals surface area contributed by atoms with Crippen molar-refractivity contribution >= 4 is 18.4 Å². The highest BCUT2D eigenvalue weighted by atomic mass is 32.1. The van der Waals surface area contributed by atoms with Crippen LogP contribution in [0.3, 0.4) is 0 Å². The summed E-state index contributed by atoms with van der Waals surface area (Å²) >= 11 is 5.42. The van der Waals surface area contributed by atoms with Gasteiger partial charge < -0.3 is 9.30 Å². The standard InChI is InChI=1S/C23H29N5OS/c1-16-13-19(17(2)27(16)20-7-5-4-6-8-20)15-24-28-22(25-26-23(28)30)14-18-9-11-21(29-3)12-10-18/h9-13,15,20H,4-8,14H2,1-3H3,(H,26,30)/b24-15-. The minimum absolute atomic E-state index is 0.496. The van der Waals surface area contributed by atoms with Crippen LogP contribution in [0.15, 0.2) is 35.4 Å². The molecule has 7 heteroatoms. The van der Waals surface area contributed by atoms with E-state index in [1.807, 2.05) is 30.5 Å². The summed E-state index contributed by atoms with van der Waals surface area (Å²) in [5, 5.41) is 11.9. The van der Waals surface area contributed by atoms with Crippen LogP contribution >= 0.6 is 12.2 Å². The molecule has 1 saturated carbocycles. The van der Waals surface area contributed by atoms with Crippen LogP contribution < -0.4 is 4.74 Å². The molecule has 0 amide bonds. The van der Waals surface area contributed by atoms with E-state index in [0.717, 1.165) is 22.7 Å². The monoisotopic (exact) mass is 423 g/mol. The van der Waals surface area contributed by atoms with E-state index in [1.54, 1.807) is 11.8 Å². The number of aromatic amines is 1. The zero-order valence-electron chi connectivity index (χ0n) is 17.9. The van der Waals surface area contributed by atoms with Crippen molar-refractivity contribution in [1.29, 1.82) is 0 Å². The molecule has 1 aliphatic carbocycles. The Balaban J connectivity index is 1.57. The third-order valence-electron chi connectivity index (χ3n) is 6.01. The summed E-state index contributed by atoms with van der Waals surface area (Å²) in [6.07, 6.45) is 9.09. The van der Waals surface area contributed by atoms with Crippen molar-refractivity contribution in [3.8, 4) is 5.75 Å². The average molecular weight is 424 g/mol.